The number of benzene rings is 1. The van der Waals surface area contributed by atoms with E-state index in [9.17, 15) is 13.2 Å². The lowest BCUT2D eigenvalue weighted by molar-refractivity contribution is -0.129. The molecule has 0 aromatic heterocycles. The van der Waals surface area contributed by atoms with Gasteiger partial charge < -0.3 is 9.64 Å². The summed E-state index contributed by atoms with van der Waals surface area (Å²) in [4.78, 5) is 13.0. The van der Waals surface area contributed by atoms with E-state index in [1.165, 1.54) is 6.92 Å². The maximum atomic E-state index is 12.3. The zero-order chi connectivity index (χ0) is 16.9. The van der Waals surface area contributed by atoms with Crippen LogP contribution < -0.4 is 9.46 Å². The van der Waals surface area contributed by atoms with Gasteiger partial charge in [0.1, 0.15) is 12.4 Å². The lowest BCUT2D eigenvalue weighted by Crippen LogP contribution is -2.48. The molecule has 1 aliphatic rings. The second-order valence-corrected chi connectivity index (χ2v) is 7.88. The van der Waals surface area contributed by atoms with Crippen LogP contribution in [0.25, 0.3) is 0 Å². The molecule has 7 heteroatoms. The van der Waals surface area contributed by atoms with Crippen LogP contribution >= 0.6 is 0 Å². The Kier molecular flexibility index (Phi) is 6.01. The average Bonchev–Trinajstić information content (AvgIpc) is 2.53. The summed E-state index contributed by atoms with van der Waals surface area (Å²) in [6, 6.07) is 7.60. The lowest BCUT2D eigenvalue weighted by Gasteiger charge is -2.31. The van der Waals surface area contributed by atoms with E-state index in [2.05, 4.69) is 4.72 Å². The number of ether oxygens (including phenoxy) is 1. The van der Waals surface area contributed by atoms with Gasteiger partial charge in [0, 0.05) is 26.6 Å². The fourth-order valence-electron chi connectivity index (χ4n) is 2.58. The number of likely N-dealkylation sites (tertiary alicyclic amines) is 1. The van der Waals surface area contributed by atoms with E-state index in [1.807, 2.05) is 31.2 Å². The van der Waals surface area contributed by atoms with Crippen LogP contribution in [-0.4, -0.2) is 50.7 Å². The van der Waals surface area contributed by atoms with Crippen molar-refractivity contribution in [2.24, 2.45) is 0 Å². The van der Waals surface area contributed by atoms with E-state index in [-0.39, 0.29) is 25.6 Å². The van der Waals surface area contributed by atoms with Crippen LogP contribution in [0.1, 0.15) is 25.3 Å². The van der Waals surface area contributed by atoms with Crippen LogP contribution in [0.2, 0.25) is 0 Å². The molecule has 6 nitrogen and oxygen atoms in total. The van der Waals surface area contributed by atoms with E-state index in [0.29, 0.717) is 19.4 Å². The van der Waals surface area contributed by atoms with Crippen molar-refractivity contribution in [2.75, 3.05) is 26.2 Å². The van der Waals surface area contributed by atoms with Gasteiger partial charge in [-0.2, -0.15) is 0 Å². The Bertz CT molecular complexity index is 628. The second kappa shape index (κ2) is 7.79. The first-order valence-corrected chi connectivity index (χ1v) is 9.36. The van der Waals surface area contributed by atoms with Gasteiger partial charge in [0.15, 0.2) is 0 Å². The molecule has 0 spiro atoms. The maximum Gasteiger partial charge on any atom is 0.219 e. The highest BCUT2D eigenvalue weighted by atomic mass is 32.2. The average molecular weight is 340 g/mol. The molecule has 23 heavy (non-hydrogen) atoms. The molecule has 1 N–H and O–H groups in total. The van der Waals surface area contributed by atoms with Crippen LogP contribution in [0.4, 0.5) is 0 Å². The number of amides is 1. The molecule has 1 fully saturated rings. The van der Waals surface area contributed by atoms with E-state index in [1.54, 1.807) is 4.90 Å². The van der Waals surface area contributed by atoms with Gasteiger partial charge in [-0.15, -0.1) is 0 Å². The maximum absolute atomic E-state index is 12.3. The third kappa shape index (κ3) is 5.21. The Hall–Kier alpha value is -1.60. The predicted octanol–water partition coefficient (Wildman–Crippen LogP) is 1.30. The van der Waals surface area contributed by atoms with Crippen LogP contribution in [0, 0.1) is 6.92 Å². The van der Waals surface area contributed by atoms with Crippen molar-refractivity contribution >= 4 is 15.9 Å². The van der Waals surface area contributed by atoms with Gasteiger partial charge in [0.25, 0.3) is 0 Å². The minimum atomic E-state index is -3.43. The summed E-state index contributed by atoms with van der Waals surface area (Å²) in [7, 11) is -3.43. The first-order chi connectivity index (χ1) is 10.9. The first-order valence-electron chi connectivity index (χ1n) is 7.82. The molecule has 1 saturated heterocycles. The number of sulfonamides is 1. The summed E-state index contributed by atoms with van der Waals surface area (Å²) in [5.41, 5.74) is 1.14. The number of aryl methyl sites for hydroxylation is 1. The van der Waals surface area contributed by atoms with Crippen LogP contribution in [0.3, 0.4) is 0 Å². The molecule has 1 aliphatic heterocycles. The van der Waals surface area contributed by atoms with Crippen molar-refractivity contribution in [3.05, 3.63) is 29.8 Å². The molecule has 0 aliphatic carbocycles. The molecule has 0 bridgehead atoms. The topological polar surface area (TPSA) is 75.7 Å². The SMILES string of the molecule is CC(=O)N1CCC[C@H](S(=O)(=O)NCCOc2ccc(C)cc2)C1. The van der Waals surface area contributed by atoms with Gasteiger partial charge >= 0.3 is 0 Å². The van der Waals surface area contributed by atoms with E-state index >= 15 is 0 Å². The summed E-state index contributed by atoms with van der Waals surface area (Å²) >= 11 is 0. The van der Waals surface area contributed by atoms with Gasteiger partial charge in [-0.3, -0.25) is 4.79 Å². The van der Waals surface area contributed by atoms with Crippen molar-refractivity contribution in [2.45, 2.75) is 31.9 Å². The minimum absolute atomic E-state index is 0.0763. The zero-order valence-electron chi connectivity index (χ0n) is 13.6. The van der Waals surface area contributed by atoms with Crippen LogP contribution in [-0.2, 0) is 14.8 Å². The van der Waals surface area contributed by atoms with E-state index in [0.717, 1.165) is 11.3 Å². The predicted molar refractivity (Wildman–Crippen MR) is 88.9 cm³/mol. The molecular weight excluding hydrogens is 316 g/mol. The van der Waals surface area contributed by atoms with Gasteiger partial charge in [-0.05, 0) is 31.9 Å². The molecule has 1 aromatic rings. The Labute approximate surface area is 137 Å². The highest BCUT2D eigenvalue weighted by molar-refractivity contribution is 7.90. The van der Waals surface area contributed by atoms with Crippen LogP contribution in [0.5, 0.6) is 5.75 Å². The number of piperidine rings is 1. The van der Waals surface area contributed by atoms with Crippen molar-refractivity contribution in [3.63, 3.8) is 0 Å². The molecule has 0 radical (unpaired) electrons. The Morgan fingerprint density at radius 3 is 2.70 bits per heavy atom. The van der Waals surface area contributed by atoms with Gasteiger partial charge in [-0.25, -0.2) is 13.1 Å². The van der Waals surface area contributed by atoms with Crippen molar-refractivity contribution in [3.8, 4) is 5.75 Å². The zero-order valence-corrected chi connectivity index (χ0v) is 14.4. The van der Waals surface area contributed by atoms with Crippen LogP contribution in [0.15, 0.2) is 24.3 Å². The number of carbonyl (C=O) groups is 1. The second-order valence-electron chi connectivity index (χ2n) is 5.83. The first kappa shape index (κ1) is 17.7. The number of rotatable bonds is 6. The summed E-state index contributed by atoms with van der Waals surface area (Å²) in [5.74, 6) is 0.642. The largest absolute Gasteiger partial charge is 0.492 e. The Morgan fingerprint density at radius 2 is 2.04 bits per heavy atom. The molecule has 0 unspecified atom stereocenters. The summed E-state index contributed by atoms with van der Waals surface area (Å²) < 4.78 is 32.7. The fourth-order valence-corrected chi connectivity index (χ4v) is 4.04. The molecule has 1 aromatic carbocycles. The normalized spacial score (nSPS) is 18.7. The standard InChI is InChI=1S/C16H24N2O4S/c1-13-5-7-15(8-6-13)22-11-9-17-23(20,21)16-4-3-10-18(12-16)14(2)19/h5-8,16-17H,3-4,9-12H2,1-2H3/t16-/m0/s1. The number of hydrogen-bond acceptors (Lipinski definition) is 4. The molecule has 1 atom stereocenters. The van der Waals surface area contributed by atoms with Gasteiger partial charge in [0.05, 0.1) is 5.25 Å². The summed E-state index contributed by atoms with van der Waals surface area (Å²) in [5, 5.41) is -0.542. The fraction of sp³-hybridized carbons (Fsp3) is 0.562. The number of nitrogens with zero attached hydrogens (tertiary/aromatic N) is 1. The molecule has 0 saturated carbocycles. The smallest absolute Gasteiger partial charge is 0.219 e. The summed E-state index contributed by atoms with van der Waals surface area (Å²) in [6.07, 6.45) is 1.29. The number of hydrogen-bond donors (Lipinski definition) is 1. The summed E-state index contributed by atoms with van der Waals surface area (Å²) in [6.45, 7) is 4.85. The monoisotopic (exact) mass is 340 g/mol. The van der Waals surface area contributed by atoms with Crippen molar-refractivity contribution in [1.29, 1.82) is 0 Å². The highest BCUT2D eigenvalue weighted by Crippen LogP contribution is 2.16. The number of carbonyl (C=O) groups excluding carboxylic acids is 1. The third-order valence-electron chi connectivity index (χ3n) is 3.96. The Balaban J connectivity index is 1.79. The molecule has 2 rings (SSSR count). The third-order valence-corrected chi connectivity index (χ3v) is 5.83. The van der Waals surface area contributed by atoms with E-state index in [4.69, 9.17) is 4.74 Å². The van der Waals surface area contributed by atoms with Crippen molar-refractivity contribution < 1.29 is 17.9 Å². The highest BCUT2D eigenvalue weighted by Gasteiger charge is 2.31. The molecular formula is C16H24N2O4S. The quantitative estimate of drug-likeness (QED) is 0.792. The molecule has 1 amide bonds. The molecule has 128 valence electrons. The van der Waals surface area contributed by atoms with Gasteiger partial charge in [-0.1, -0.05) is 17.7 Å². The van der Waals surface area contributed by atoms with Gasteiger partial charge in [0.2, 0.25) is 15.9 Å². The Morgan fingerprint density at radius 1 is 1.35 bits per heavy atom. The minimum Gasteiger partial charge on any atom is -0.492 e. The lowest BCUT2D eigenvalue weighted by atomic mass is 10.1. The van der Waals surface area contributed by atoms with Crippen molar-refractivity contribution in [1.82, 2.24) is 9.62 Å². The number of nitrogens with one attached hydrogen (secondary N) is 1. The van der Waals surface area contributed by atoms with E-state index < -0.39 is 15.3 Å². The molecule has 1 heterocycles.